The number of ketones is 1. The highest BCUT2D eigenvalue weighted by Crippen LogP contribution is 2.37. The Morgan fingerprint density at radius 3 is 2.73 bits per heavy atom. The van der Waals surface area contributed by atoms with Crippen LogP contribution in [0.1, 0.15) is 29.3 Å². The van der Waals surface area contributed by atoms with E-state index in [1.54, 1.807) is 36.4 Å². The van der Waals surface area contributed by atoms with Crippen molar-refractivity contribution in [3.05, 3.63) is 69.8 Å². The Bertz CT molecular complexity index is 1010. The van der Waals surface area contributed by atoms with Gasteiger partial charge < -0.3 is 10.1 Å². The molecule has 0 radical (unpaired) electrons. The van der Waals surface area contributed by atoms with E-state index in [2.05, 4.69) is 15.5 Å². The molecule has 3 aromatic rings. The molecule has 0 unspecified atom stereocenters. The standard InChI is InChI=1S/C20H20N4O4S2/c1-2-28-12-6-11-21-19-22-23-20(30-19)29-17-10-9-15(13-16(17)24(26)27)18(25)14-7-4-3-5-8-14/h3-5,7-10,13H,2,6,11-12H2,1H3,(H,21,22). The number of nitrogens with zero attached hydrogens (tertiary/aromatic N) is 3. The van der Waals surface area contributed by atoms with Gasteiger partial charge in [0.2, 0.25) is 5.13 Å². The van der Waals surface area contributed by atoms with Crippen LogP contribution in [0.2, 0.25) is 0 Å². The third kappa shape index (κ3) is 5.85. The van der Waals surface area contributed by atoms with E-state index in [9.17, 15) is 14.9 Å². The average molecular weight is 445 g/mol. The fourth-order valence-corrected chi connectivity index (χ4v) is 4.39. The maximum atomic E-state index is 12.6. The number of nitro groups is 1. The van der Waals surface area contributed by atoms with Gasteiger partial charge in [0.1, 0.15) is 0 Å². The molecule has 0 saturated carbocycles. The Morgan fingerprint density at radius 1 is 1.20 bits per heavy atom. The van der Waals surface area contributed by atoms with Crippen LogP contribution < -0.4 is 5.32 Å². The van der Waals surface area contributed by atoms with Gasteiger partial charge in [-0.1, -0.05) is 41.7 Å². The van der Waals surface area contributed by atoms with Gasteiger partial charge >= 0.3 is 0 Å². The van der Waals surface area contributed by atoms with E-state index in [4.69, 9.17) is 4.74 Å². The van der Waals surface area contributed by atoms with Crippen molar-refractivity contribution in [2.75, 3.05) is 25.1 Å². The second-order valence-corrected chi connectivity index (χ2v) is 8.35. The highest BCUT2D eigenvalue weighted by Gasteiger charge is 2.20. The molecule has 0 spiro atoms. The van der Waals surface area contributed by atoms with Crippen LogP contribution in [0.3, 0.4) is 0 Å². The van der Waals surface area contributed by atoms with Crippen molar-refractivity contribution in [3.8, 4) is 0 Å². The summed E-state index contributed by atoms with van der Waals surface area (Å²) in [7, 11) is 0. The lowest BCUT2D eigenvalue weighted by Gasteiger charge is -2.04. The number of carbonyl (C=O) groups is 1. The van der Waals surface area contributed by atoms with Crippen molar-refractivity contribution in [3.63, 3.8) is 0 Å². The minimum Gasteiger partial charge on any atom is -0.382 e. The molecule has 8 nitrogen and oxygen atoms in total. The van der Waals surface area contributed by atoms with Gasteiger partial charge in [0, 0.05) is 37.0 Å². The summed E-state index contributed by atoms with van der Waals surface area (Å²) < 4.78 is 5.86. The molecule has 0 saturated heterocycles. The van der Waals surface area contributed by atoms with Gasteiger partial charge in [-0.2, -0.15) is 0 Å². The van der Waals surface area contributed by atoms with E-state index in [0.717, 1.165) is 18.2 Å². The predicted octanol–water partition coefficient (Wildman–Crippen LogP) is 4.67. The van der Waals surface area contributed by atoms with Crippen molar-refractivity contribution >= 4 is 39.7 Å². The maximum Gasteiger partial charge on any atom is 0.284 e. The molecule has 1 N–H and O–H groups in total. The zero-order valence-electron chi connectivity index (χ0n) is 16.2. The molecule has 0 aliphatic carbocycles. The van der Waals surface area contributed by atoms with Crippen molar-refractivity contribution in [1.82, 2.24) is 10.2 Å². The summed E-state index contributed by atoms with van der Waals surface area (Å²) in [5, 5.41) is 23.5. The molecule has 0 aliphatic rings. The summed E-state index contributed by atoms with van der Waals surface area (Å²) >= 11 is 2.47. The molecule has 1 heterocycles. The highest BCUT2D eigenvalue weighted by molar-refractivity contribution is 8.01. The molecule has 0 fully saturated rings. The molecule has 30 heavy (non-hydrogen) atoms. The van der Waals surface area contributed by atoms with Crippen LogP contribution >= 0.6 is 23.1 Å². The summed E-state index contributed by atoms with van der Waals surface area (Å²) in [6, 6.07) is 13.2. The van der Waals surface area contributed by atoms with E-state index in [1.165, 1.54) is 17.4 Å². The van der Waals surface area contributed by atoms with Crippen molar-refractivity contribution in [1.29, 1.82) is 0 Å². The van der Waals surface area contributed by atoms with Gasteiger partial charge in [-0.3, -0.25) is 14.9 Å². The summed E-state index contributed by atoms with van der Waals surface area (Å²) in [5.74, 6) is -0.260. The SMILES string of the molecule is CCOCCCNc1nnc(Sc2ccc(C(=O)c3ccccc3)cc2[N+](=O)[O-])s1. The third-order valence-electron chi connectivity index (χ3n) is 4.00. The summed E-state index contributed by atoms with van der Waals surface area (Å²) in [6.45, 7) is 4.01. The first-order valence-electron chi connectivity index (χ1n) is 9.29. The Morgan fingerprint density at radius 2 is 2.00 bits per heavy atom. The van der Waals surface area contributed by atoms with Gasteiger partial charge in [0.05, 0.1) is 9.82 Å². The van der Waals surface area contributed by atoms with Crippen LogP contribution in [0.5, 0.6) is 0 Å². The zero-order chi connectivity index (χ0) is 21.3. The number of rotatable bonds is 11. The molecule has 2 aromatic carbocycles. The van der Waals surface area contributed by atoms with E-state index in [0.29, 0.717) is 39.7 Å². The number of hydrogen-bond acceptors (Lipinski definition) is 9. The van der Waals surface area contributed by atoms with Crippen LogP contribution in [0.15, 0.2) is 57.8 Å². The van der Waals surface area contributed by atoms with E-state index in [-0.39, 0.29) is 17.0 Å². The molecule has 3 rings (SSSR count). The van der Waals surface area contributed by atoms with Crippen LogP contribution in [0.25, 0.3) is 0 Å². The number of carbonyl (C=O) groups excluding carboxylic acids is 1. The topological polar surface area (TPSA) is 107 Å². The number of aromatic nitrogens is 2. The van der Waals surface area contributed by atoms with Crippen molar-refractivity contribution in [2.45, 2.75) is 22.6 Å². The Kier molecular flexibility index (Phi) is 7.89. The maximum absolute atomic E-state index is 12.6. The molecular formula is C20H20N4O4S2. The molecular weight excluding hydrogens is 424 g/mol. The quantitative estimate of drug-likeness (QED) is 0.197. The van der Waals surface area contributed by atoms with E-state index < -0.39 is 4.92 Å². The second-order valence-electron chi connectivity index (χ2n) is 6.09. The molecule has 156 valence electrons. The van der Waals surface area contributed by atoms with Crippen LogP contribution in [-0.4, -0.2) is 40.7 Å². The first-order chi connectivity index (χ1) is 14.6. The van der Waals surface area contributed by atoms with Crippen molar-refractivity contribution in [2.24, 2.45) is 0 Å². The molecule has 0 aliphatic heterocycles. The largest absolute Gasteiger partial charge is 0.382 e. The van der Waals surface area contributed by atoms with Gasteiger partial charge in [-0.25, -0.2) is 0 Å². The zero-order valence-corrected chi connectivity index (χ0v) is 17.9. The second kappa shape index (κ2) is 10.8. The molecule has 1 aromatic heterocycles. The van der Waals surface area contributed by atoms with E-state index >= 15 is 0 Å². The van der Waals surface area contributed by atoms with Gasteiger partial charge in [-0.05, 0) is 37.2 Å². The molecule has 0 bridgehead atoms. The fourth-order valence-electron chi connectivity index (χ4n) is 2.57. The lowest BCUT2D eigenvalue weighted by Crippen LogP contribution is -2.05. The van der Waals surface area contributed by atoms with Gasteiger partial charge in [0.15, 0.2) is 10.1 Å². The number of nitrogens with one attached hydrogen (secondary N) is 1. The first-order valence-corrected chi connectivity index (χ1v) is 10.9. The number of hydrogen-bond donors (Lipinski definition) is 1. The average Bonchev–Trinajstić information content (AvgIpc) is 3.21. The lowest BCUT2D eigenvalue weighted by atomic mass is 10.0. The normalized spacial score (nSPS) is 10.7. The van der Waals surface area contributed by atoms with Crippen molar-refractivity contribution < 1.29 is 14.5 Å². The number of benzene rings is 2. The monoisotopic (exact) mass is 444 g/mol. The minimum absolute atomic E-state index is 0.136. The number of nitro benzene ring substituents is 1. The van der Waals surface area contributed by atoms with Crippen LogP contribution in [-0.2, 0) is 4.74 Å². The molecule has 10 heteroatoms. The first kappa shape index (κ1) is 21.9. The summed E-state index contributed by atoms with van der Waals surface area (Å²) in [6.07, 6.45) is 0.846. The molecule has 0 atom stereocenters. The summed E-state index contributed by atoms with van der Waals surface area (Å²) in [4.78, 5) is 24.1. The minimum atomic E-state index is -0.488. The Labute approximate surface area is 181 Å². The number of ether oxygens (including phenoxy) is 1. The third-order valence-corrected chi connectivity index (χ3v) is 6.00. The van der Waals surface area contributed by atoms with Crippen LogP contribution in [0.4, 0.5) is 10.8 Å². The Balaban J connectivity index is 1.70. The summed E-state index contributed by atoms with van der Waals surface area (Å²) in [5.41, 5.74) is 0.616. The highest BCUT2D eigenvalue weighted by atomic mass is 32.2. The fraction of sp³-hybridized carbons (Fsp3) is 0.250. The lowest BCUT2D eigenvalue weighted by molar-refractivity contribution is -0.387. The number of anilines is 1. The Hall–Kier alpha value is -2.82. The van der Waals surface area contributed by atoms with E-state index in [1.807, 2.05) is 13.0 Å². The van der Waals surface area contributed by atoms with Crippen LogP contribution in [0, 0.1) is 10.1 Å². The van der Waals surface area contributed by atoms with Gasteiger partial charge in [0.25, 0.3) is 5.69 Å². The smallest absolute Gasteiger partial charge is 0.284 e. The van der Waals surface area contributed by atoms with Gasteiger partial charge in [-0.15, -0.1) is 10.2 Å². The predicted molar refractivity (Wildman–Crippen MR) is 117 cm³/mol. The molecule has 0 amide bonds.